The van der Waals surface area contributed by atoms with Gasteiger partial charge < -0.3 is 4.42 Å². The maximum atomic E-state index is 5.39. The first-order chi connectivity index (χ1) is 9.78. The van der Waals surface area contributed by atoms with Gasteiger partial charge in [-0.3, -0.25) is 9.97 Å². The second-order valence-corrected chi connectivity index (χ2v) is 5.42. The number of nitrogens with zero attached hydrogens (tertiary/aromatic N) is 4. The highest BCUT2D eigenvalue weighted by Gasteiger charge is 2.18. The van der Waals surface area contributed by atoms with Gasteiger partial charge in [0.25, 0.3) is 10.7 Å². The molecule has 0 unspecified atom stereocenters. The van der Waals surface area contributed by atoms with Crippen LogP contribution in [0.2, 0.25) is 0 Å². The molecule has 3 heterocycles. The summed E-state index contributed by atoms with van der Waals surface area (Å²) in [6, 6.07) is 0. The molecule has 0 bridgehead atoms. The normalized spacial score (nSPS) is 10.8. The van der Waals surface area contributed by atoms with Crippen molar-refractivity contribution in [3.8, 4) is 21.5 Å². The Labute approximate surface area is 124 Å². The van der Waals surface area contributed by atoms with Gasteiger partial charge in [0, 0.05) is 12.4 Å². The first-order valence-corrected chi connectivity index (χ1v) is 7.32. The first-order valence-electron chi connectivity index (χ1n) is 6.10. The van der Waals surface area contributed by atoms with Crippen molar-refractivity contribution < 1.29 is 4.42 Å². The maximum Gasteiger partial charge on any atom is 0.284 e. The standard InChI is InChI=1S/C12H11N5OS2/c1-2-3-7-9(10-16-17-12(19)18-10)20-11(15-7)8-6-13-4-5-14-8/h4-6H,2-3H2,1H3,(H,17,19). The maximum absolute atomic E-state index is 5.39. The smallest absolute Gasteiger partial charge is 0.284 e. The van der Waals surface area contributed by atoms with Gasteiger partial charge in [-0.2, -0.15) is 0 Å². The Morgan fingerprint density at radius 2 is 2.30 bits per heavy atom. The number of thiazole rings is 1. The summed E-state index contributed by atoms with van der Waals surface area (Å²) in [6.07, 6.45) is 6.81. The Hall–Kier alpha value is -1.93. The number of hydrogen-bond acceptors (Lipinski definition) is 7. The van der Waals surface area contributed by atoms with Crippen LogP contribution in [0.3, 0.4) is 0 Å². The predicted molar refractivity (Wildman–Crippen MR) is 77.8 cm³/mol. The molecule has 102 valence electrons. The van der Waals surface area contributed by atoms with Gasteiger partial charge in [-0.1, -0.05) is 13.3 Å². The van der Waals surface area contributed by atoms with Gasteiger partial charge >= 0.3 is 0 Å². The van der Waals surface area contributed by atoms with Gasteiger partial charge in [-0.05, 0) is 18.6 Å². The third kappa shape index (κ3) is 2.52. The Balaban J connectivity index is 2.09. The number of nitrogens with one attached hydrogen (secondary N) is 1. The molecule has 0 amide bonds. The van der Waals surface area contributed by atoms with Crippen molar-refractivity contribution in [2.45, 2.75) is 19.8 Å². The van der Waals surface area contributed by atoms with E-state index in [4.69, 9.17) is 16.6 Å². The van der Waals surface area contributed by atoms with Crippen molar-refractivity contribution in [2.75, 3.05) is 0 Å². The van der Waals surface area contributed by atoms with Gasteiger partial charge in [0.2, 0.25) is 0 Å². The highest BCUT2D eigenvalue weighted by atomic mass is 32.1. The van der Waals surface area contributed by atoms with Crippen molar-refractivity contribution in [3.63, 3.8) is 0 Å². The van der Waals surface area contributed by atoms with Crippen LogP contribution >= 0.6 is 23.6 Å². The van der Waals surface area contributed by atoms with Crippen molar-refractivity contribution in [2.24, 2.45) is 0 Å². The van der Waals surface area contributed by atoms with Crippen molar-refractivity contribution in [1.29, 1.82) is 0 Å². The fourth-order valence-corrected chi connectivity index (χ4v) is 2.90. The molecule has 0 aliphatic carbocycles. The molecular weight excluding hydrogens is 294 g/mol. The molecule has 3 aromatic heterocycles. The van der Waals surface area contributed by atoms with E-state index in [0.29, 0.717) is 5.89 Å². The predicted octanol–water partition coefficient (Wildman–Crippen LogP) is 3.27. The van der Waals surface area contributed by atoms with E-state index >= 15 is 0 Å². The number of aryl methyl sites for hydroxylation is 1. The fraction of sp³-hybridized carbons (Fsp3) is 0.250. The number of rotatable bonds is 4. The molecule has 0 aromatic carbocycles. The minimum atomic E-state index is 0.261. The molecule has 0 saturated heterocycles. The second kappa shape index (κ2) is 5.59. The topological polar surface area (TPSA) is 80.5 Å². The van der Waals surface area contributed by atoms with Crippen molar-refractivity contribution in [3.05, 3.63) is 29.1 Å². The molecule has 0 saturated carbocycles. The summed E-state index contributed by atoms with van der Waals surface area (Å²) in [4.78, 5) is 14.1. The summed E-state index contributed by atoms with van der Waals surface area (Å²) in [5.41, 5.74) is 1.69. The summed E-state index contributed by atoms with van der Waals surface area (Å²) >= 11 is 6.40. The van der Waals surface area contributed by atoms with E-state index in [-0.39, 0.29) is 4.84 Å². The van der Waals surface area contributed by atoms with Crippen LogP contribution in [0, 0.1) is 4.84 Å². The van der Waals surface area contributed by atoms with Crippen molar-refractivity contribution >= 4 is 23.6 Å². The lowest BCUT2D eigenvalue weighted by Crippen LogP contribution is -1.88. The second-order valence-electron chi connectivity index (χ2n) is 4.05. The molecule has 20 heavy (non-hydrogen) atoms. The summed E-state index contributed by atoms with van der Waals surface area (Å²) in [5, 5.41) is 7.52. The summed E-state index contributed by atoms with van der Waals surface area (Å²) in [5.74, 6) is 0.478. The van der Waals surface area contributed by atoms with Gasteiger partial charge in [0.1, 0.15) is 15.6 Å². The third-order valence-corrected chi connectivity index (χ3v) is 3.88. The van der Waals surface area contributed by atoms with E-state index in [2.05, 4.69) is 32.1 Å². The van der Waals surface area contributed by atoms with E-state index in [1.54, 1.807) is 18.6 Å². The van der Waals surface area contributed by atoms with Crippen LogP contribution in [0.4, 0.5) is 0 Å². The van der Waals surface area contributed by atoms with Gasteiger partial charge in [0.15, 0.2) is 0 Å². The summed E-state index contributed by atoms with van der Waals surface area (Å²) in [6.45, 7) is 2.10. The molecule has 3 aromatic rings. The Kier molecular flexibility index (Phi) is 3.66. The Morgan fingerprint density at radius 3 is 2.95 bits per heavy atom. The van der Waals surface area contributed by atoms with E-state index in [1.165, 1.54) is 11.3 Å². The van der Waals surface area contributed by atoms with E-state index in [1.807, 2.05) is 0 Å². The molecule has 0 aliphatic rings. The molecule has 3 rings (SSSR count). The van der Waals surface area contributed by atoms with Crippen LogP contribution in [-0.2, 0) is 6.42 Å². The molecule has 1 N–H and O–H groups in total. The number of aromatic amines is 1. The average molecular weight is 305 g/mol. The largest absolute Gasteiger partial charge is 0.408 e. The molecule has 0 spiro atoms. The Bertz CT molecular complexity index is 762. The zero-order chi connectivity index (χ0) is 13.9. The average Bonchev–Trinajstić information content (AvgIpc) is 3.07. The van der Waals surface area contributed by atoms with Crippen LogP contribution in [0.15, 0.2) is 23.0 Å². The monoisotopic (exact) mass is 305 g/mol. The highest BCUT2D eigenvalue weighted by Crippen LogP contribution is 2.34. The van der Waals surface area contributed by atoms with Gasteiger partial charge in [-0.25, -0.2) is 10.1 Å². The first kappa shape index (κ1) is 13.1. The number of aromatic nitrogens is 5. The van der Waals surface area contributed by atoms with E-state index < -0.39 is 0 Å². The number of H-pyrrole nitrogens is 1. The quantitative estimate of drug-likeness (QED) is 0.745. The molecule has 0 radical (unpaired) electrons. The number of hydrogen-bond donors (Lipinski definition) is 1. The molecule has 8 heteroatoms. The Morgan fingerprint density at radius 1 is 1.40 bits per heavy atom. The minimum absolute atomic E-state index is 0.261. The third-order valence-electron chi connectivity index (χ3n) is 2.60. The lowest BCUT2D eigenvalue weighted by atomic mass is 10.2. The van der Waals surface area contributed by atoms with E-state index in [9.17, 15) is 0 Å². The van der Waals surface area contributed by atoms with Gasteiger partial charge in [0.05, 0.1) is 11.9 Å². The van der Waals surface area contributed by atoms with Gasteiger partial charge in [-0.15, -0.1) is 16.4 Å². The van der Waals surface area contributed by atoms with Crippen LogP contribution in [0.1, 0.15) is 19.0 Å². The zero-order valence-electron chi connectivity index (χ0n) is 10.7. The molecular formula is C12H11N5OS2. The molecule has 0 fully saturated rings. The fourth-order valence-electron chi connectivity index (χ4n) is 1.77. The van der Waals surface area contributed by atoms with Crippen molar-refractivity contribution in [1.82, 2.24) is 25.1 Å². The van der Waals surface area contributed by atoms with Crippen LogP contribution < -0.4 is 0 Å². The van der Waals surface area contributed by atoms with E-state index in [0.717, 1.165) is 34.1 Å². The minimum Gasteiger partial charge on any atom is -0.408 e. The lowest BCUT2D eigenvalue weighted by Gasteiger charge is -1.94. The summed E-state index contributed by atoms with van der Waals surface area (Å²) < 4.78 is 5.39. The highest BCUT2D eigenvalue weighted by molar-refractivity contribution is 7.71. The molecule has 0 atom stereocenters. The van der Waals surface area contributed by atoms with Crippen LogP contribution in [0.5, 0.6) is 0 Å². The SMILES string of the molecule is CCCc1nc(-c2cnccn2)sc1-c1n[nH]c(=S)o1. The molecule has 0 aliphatic heterocycles. The van der Waals surface area contributed by atoms with Crippen LogP contribution in [0.25, 0.3) is 21.5 Å². The molecule has 6 nitrogen and oxygen atoms in total. The summed E-state index contributed by atoms with van der Waals surface area (Å²) in [7, 11) is 0. The van der Waals surface area contributed by atoms with Crippen LogP contribution in [-0.4, -0.2) is 25.1 Å². The lowest BCUT2D eigenvalue weighted by molar-refractivity contribution is 0.552. The zero-order valence-corrected chi connectivity index (χ0v) is 12.3.